The van der Waals surface area contributed by atoms with Crippen molar-refractivity contribution in [3.63, 3.8) is 0 Å². The topological polar surface area (TPSA) is 55.6 Å². The van der Waals surface area contributed by atoms with Gasteiger partial charge in [-0.05, 0) is 19.4 Å². The standard InChI is InChI=1S/C10H20N2O2/c1-2-3-6-12-7-8-14-9(4-5-11)10(12)13/h9H,2-8,11H2,1H3. The van der Waals surface area contributed by atoms with Gasteiger partial charge < -0.3 is 15.4 Å². The molecule has 1 atom stereocenters. The van der Waals surface area contributed by atoms with Crippen LogP contribution in [-0.2, 0) is 9.53 Å². The van der Waals surface area contributed by atoms with Crippen LogP contribution < -0.4 is 5.73 Å². The second-order valence-corrected chi connectivity index (χ2v) is 3.62. The Morgan fingerprint density at radius 1 is 1.64 bits per heavy atom. The van der Waals surface area contributed by atoms with Gasteiger partial charge in [0.1, 0.15) is 6.10 Å². The summed E-state index contributed by atoms with van der Waals surface area (Å²) >= 11 is 0. The van der Waals surface area contributed by atoms with Crippen molar-refractivity contribution in [3.8, 4) is 0 Å². The smallest absolute Gasteiger partial charge is 0.251 e. The van der Waals surface area contributed by atoms with Gasteiger partial charge >= 0.3 is 0 Å². The first-order valence-electron chi connectivity index (χ1n) is 5.40. The third-order valence-electron chi connectivity index (χ3n) is 2.48. The molecule has 4 nitrogen and oxygen atoms in total. The molecule has 0 aromatic heterocycles. The molecular formula is C10H20N2O2. The fourth-order valence-corrected chi connectivity index (χ4v) is 1.62. The Balaban J connectivity index is 2.40. The first-order valence-corrected chi connectivity index (χ1v) is 5.40. The van der Waals surface area contributed by atoms with Crippen LogP contribution in [0, 0.1) is 0 Å². The summed E-state index contributed by atoms with van der Waals surface area (Å²) < 4.78 is 5.37. The van der Waals surface area contributed by atoms with E-state index in [1.54, 1.807) is 0 Å². The first kappa shape index (κ1) is 11.5. The quantitative estimate of drug-likeness (QED) is 0.697. The van der Waals surface area contributed by atoms with E-state index in [0.29, 0.717) is 19.6 Å². The summed E-state index contributed by atoms with van der Waals surface area (Å²) in [5, 5.41) is 0. The number of amides is 1. The minimum Gasteiger partial charge on any atom is -0.366 e. The largest absolute Gasteiger partial charge is 0.366 e. The van der Waals surface area contributed by atoms with Crippen LogP contribution in [0.3, 0.4) is 0 Å². The van der Waals surface area contributed by atoms with E-state index in [9.17, 15) is 4.79 Å². The van der Waals surface area contributed by atoms with Crippen molar-refractivity contribution >= 4 is 5.91 Å². The van der Waals surface area contributed by atoms with Crippen LogP contribution in [0.1, 0.15) is 26.2 Å². The van der Waals surface area contributed by atoms with Gasteiger partial charge in [-0.1, -0.05) is 13.3 Å². The fourth-order valence-electron chi connectivity index (χ4n) is 1.62. The molecule has 1 unspecified atom stereocenters. The number of nitrogens with zero attached hydrogens (tertiary/aromatic N) is 1. The van der Waals surface area contributed by atoms with Crippen LogP contribution in [0.5, 0.6) is 0 Å². The van der Waals surface area contributed by atoms with Crippen molar-refractivity contribution in [2.75, 3.05) is 26.2 Å². The van der Waals surface area contributed by atoms with E-state index < -0.39 is 0 Å². The van der Waals surface area contributed by atoms with Crippen LogP contribution in [-0.4, -0.2) is 43.2 Å². The highest BCUT2D eigenvalue weighted by Gasteiger charge is 2.28. The molecule has 1 amide bonds. The minimum atomic E-state index is -0.286. The minimum absolute atomic E-state index is 0.121. The van der Waals surface area contributed by atoms with Crippen molar-refractivity contribution in [1.82, 2.24) is 4.90 Å². The van der Waals surface area contributed by atoms with Gasteiger partial charge in [-0.25, -0.2) is 0 Å². The van der Waals surface area contributed by atoms with E-state index in [4.69, 9.17) is 10.5 Å². The van der Waals surface area contributed by atoms with E-state index in [2.05, 4.69) is 6.92 Å². The number of carbonyl (C=O) groups is 1. The molecule has 1 saturated heterocycles. The second-order valence-electron chi connectivity index (χ2n) is 3.62. The normalized spacial score (nSPS) is 22.9. The van der Waals surface area contributed by atoms with Gasteiger partial charge in [0, 0.05) is 13.1 Å². The van der Waals surface area contributed by atoms with Gasteiger partial charge in [0.15, 0.2) is 0 Å². The third-order valence-corrected chi connectivity index (χ3v) is 2.48. The van der Waals surface area contributed by atoms with E-state index in [1.165, 1.54) is 0 Å². The zero-order valence-electron chi connectivity index (χ0n) is 8.87. The van der Waals surface area contributed by atoms with Crippen LogP contribution >= 0.6 is 0 Å². The second kappa shape index (κ2) is 5.98. The summed E-state index contributed by atoms with van der Waals surface area (Å²) in [6.45, 7) is 4.89. The summed E-state index contributed by atoms with van der Waals surface area (Å²) in [7, 11) is 0. The maximum Gasteiger partial charge on any atom is 0.251 e. The van der Waals surface area contributed by atoms with Gasteiger partial charge in [-0.2, -0.15) is 0 Å². The highest BCUT2D eigenvalue weighted by Crippen LogP contribution is 2.10. The summed E-state index contributed by atoms with van der Waals surface area (Å²) in [4.78, 5) is 13.7. The fraction of sp³-hybridized carbons (Fsp3) is 0.900. The molecule has 1 rings (SSSR count). The molecule has 0 bridgehead atoms. The lowest BCUT2D eigenvalue weighted by molar-refractivity contribution is -0.153. The number of hydrogen-bond acceptors (Lipinski definition) is 3. The maximum absolute atomic E-state index is 11.8. The monoisotopic (exact) mass is 200 g/mol. The molecule has 1 aliphatic rings. The lowest BCUT2D eigenvalue weighted by Gasteiger charge is -2.32. The molecule has 82 valence electrons. The predicted molar refractivity (Wildman–Crippen MR) is 54.9 cm³/mol. The molecule has 2 N–H and O–H groups in total. The Kier molecular flexibility index (Phi) is 4.90. The Labute approximate surface area is 85.4 Å². The Hall–Kier alpha value is -0.610. The molecule has 0 radical (unpaired) electrons. The summed E-state index contributed by atoms with van der Waals surface area (Å²) in [6.07, 6.45) is 2.54. The number of unbranched alkanes of at least 4 members (excludes halogenated alkanes) is 1. The number of carbonyl (C=O) groups excluding carboxylic acids is 1. The van der Waals surface area contributed by atoms with Crippen LogP contribution in [0.15, 0.2) is 0 Å². The molecule has 0 aromatic carbocycles. The van der Waals surface area contributed by atoms with Gasteiger partial charge in [0.25, 0.3) is 5.91 Å². The summed E-state index contributed by atoms with van der Waals surface area (Å²) in [5.41, 5.74) is 5.42. The average Bonchev–Trinajstić information content (AvgIpc) is 2.20. The van der Waals surface area contributed by atoms with Crippen molar-refractivity contribution in [3.05, 3.63) is 0 Å². The Morgan fingerprint density at radius 3 is 3.07 bits per heavy atom. The summed E-state index contributed by atoms with van der Waals surface area (Å²) in [5.74, 6) is 0.121. The van der Waals surface area contributed by atoms with Gasteiger partial charge in [0.2, 0.25) is 0 Å². The number of hydrogen-bond donors (Lipinski definition) is 1. The molecular weight excluding hydrogens is 180 g/mol. The molecule has 14 heavy (non-hydrogen) atoms. The van der Waals surface area contributed by atoms with Crippen LogP contribution in [0.2, 0.25) is 0 Å². The molecule has 0 spiro atoms. The number of morpholine rings is 1. The van der Waals surface area contributed by atoms with Crippen LogP contribution in [0.4, 0.5) is 0 Å². The summed E-state index contributed by atoms with van der Waals surface area (Å²) in [6, 6.07) is 0. The maximum atomic E-state index is 11.8. The highest BCUT2D eigenvalue weighted by atomic mass is 16.5. The molecule has 0 aromatic rings. The SMILES string of the molecule is CCCCN1CCOC(CCN)C1=O. The van der Waals surface area contributed by atoms with E-state index in [-0.39, 0.29) is 12.0 Å². The van der Waals surface area contributed by atoms with Crippen molar-refractivity contribution in [2.45, 2.75) is 32.3 Å². The van der Waals surface area contributed by atoms with Gasteiger partial charge in [-0.15, -0.1) is 0 Å². The van der Waals surface area contributed by atoms with Crippen molar-refractivity contribution in [1.29, 1.82) is 0 Å². The predicted octanol–water partition coefficient (Wildman–Crippen LogP) is 0.363. The molecule has 4 heteroatoms. The van der Waals surface area contributed by atoms with Crippen molar-refractivity contribution in [2.24, 2.45) is 5.73 Å². The zero-order valence-corrected chi connectivity index (χ0v) is 8.87. The molecule has 1 fully saturated rings. The van der Waals surface area contributed by atoms with E-state index >= 15 is 0 Å². The molecule has 1 aliphatic heterocycles. The Morgan fingerprint density at radius 2 is 2.43 bits per heavy atom. The van der Waals surface area contributed by atoms with E-state index in [1.807, 2.05) is 4.90 Å². The van der Waals surface area contributed by atoms with Gasteiger partial charge in [-0.3, -0.25) is 4.79 Å². The highest BCUT2D eigenvalue weighted by molar-refractivity contribution is 5.81. The molecule has 0 aliphatic carbocycles. The first-order chi connectivity index (χ1) is 6.79. The number of nitrogens with two attached hydrogens (primary N) is 1. The number of ether oxygens (including phenoxy) is 1. The number of rotatable bonds is 5. The lowest BCUT2D eigenvalue weighted by Crippen LogP contribution is -2.48. The average molecular weight is 200 g/mol. The molecule has 0 saturated carbocycles. The van der Waals surface area contributed by atoms with E-state index in [0.717, 1.165) is 25.9 Å². The Bertz CT molecular complexity index is 183. The lowest BCUT2D eigenvalue weighted by atomic mass is 10.2. The zero-order chi connectivity index (χ0) is 10.4. The third kappa shape index (κ3) is 2.96. The van der Waals surface area contributed by atoms with Crippen molar-refractivity contribution < 1.29 is 9.53 Å². The van der Waals surface area contributed by atoms with Gasteiger partial charge in [0.05, 0.1) is 6.61 Å². The molecule has 1 heterocycles. The van der Waals surface area contributed by atoms with Crippen LogP contribution in [0.25, 0.3) is 0 Å².